The molecule has 104 valence electrons. The minimum absolute atomic E-state index is 0.0127. The second-order valence-electron chi connectivity index (χ2n) is 4.66. The number of pyridine rings is 1. The topological polar surface area (TPSA) is 54.5 Å². The minimum Gasteiger partial charge on any atom is -0.373 e. The maximum Gasteiger partial charge on any atom is 0.216 e. The van der Waals surface area contributed by atoms with Crippen LogP contribution < -0.4 is 10.2 Å². The quantitative estimate of drug-likeness (QED) is 0.914. The Hall–Kier alpha value is -1.14. The molecule has 0 aliphatic carbocycles. The number of amides is 1. The largest absolute Gasteiger partial charge is 0.373 e. The fourth-order valence-corrected chi connectivity index (χ4v) is 2.62. The monoisotopic (exact) mass is 327 g/mol. The molecule has 0 saturated carbocycles. The summed E-state index contributed by atoms with van der Waals surface area (Å²) in [6, 6.07) is 3.99. The summed E-state index contributed by atoms with van der Waals surface area (Å²) in [7, 11) is 0. The van der Waals surface area contributed by atoms with Gasteiger partial charge in [0.05, 0.1) is 12.7 Å². The lowest BCUT2D eigenvalue weighted by molar-refractivity contribution is -0.119. The van der Waals surface area contributed by atoms with E-state index in [9.17, 15) is 4.79 Å². The Morgan fingerprint density at radius 2 is 2.42 bits per heavy atom. The van der Waals surface area contributed by atoms with E-state index in [4.69, 9.17) is 4.74 Å². The molecule has 2 rings (SSSR count). The fourth-order valence-electron chi connectivity index (χ4n) is 2.08. The maximum absolute atomic E-state index is 10.9. The van der Waals surface area contributed by atoms with Crippen LogP contribution in [0.5, 0.6) is 0 Å². The molecule has 1 aliphatic rings. The molecule has 1 unspecified atom stereocenters. The third kappa shape index (κ3) is 4.18. The van der Waals surface area contributed by atoms with Crippen molar-refractivity contribution in [2.24, 2.45) is 0 Å². The van der Waals surface area contributed by atoms with Gasteiger partial charge < -0.3 is 15.0 Å². The highest BCUT2D eigenvalue weighted by Crippen LogP contribution is 2.21. The summed E-state index contributed by atoms with van der Waals surface area (Å²) in [5, 5.41) is 2.79. The normalized spacial score (nSPS) is 19.3. The first-order valence-corrected chi connectivity index (χ1v) is 7.09. The molecule has 0 bridgehead atoms. The highest BCUT2D eigenvalue weighted by Gasteiger charge is 2.21. The Balaban J connectivity index is 2.02. The summed E-state index contributed by atoms with van der Waals surface area (Å²) < 4.78 is 6.67. The van der Waals surface area contributed by atoms with Crippen molar-refractivity contribution in [3.63, 3.8) is 0 Å². The maximum atomic E-state index is 10.9. The fraction of sp³-hybridized carbons (Fsp3) is 0.538. The molecule has 0 aromatic carbocycles. The lowest BCUT2D eigenvalue weighted by Gasteiger charge is -2.34. The Bertz CT molecular complexity index is 447. The Morgan fingerprint density at radius 1 is 1.63 bits per heavy atom. The predicted octanol–water partition coefficient (Wildman–Crippen LogP) is 1.49. The van der Waals surface area contributed by atoms with E-state index >= 15 is 0 Å². The van der Waals surface area contributed by atoms with Crippen LogP contribution in [0.2, 0.25) is 0 Å². The van der Waals surface area contributed by atoms with Crippen molar-refractivity contribution in [3.8, 4) is 0 Å². The number of aryl methyl sites for hydroxylation is 1. The van der Waals surface area contributed by atoms with E-state index in [1.807, 2.05) is 19.1 Å². The summed E-state index contributed by atoms with van der Waals surface area (Å²) >= 11 is 3.49. The van der Waals surface area contributed by atoms with Crippen LogP contribution >= 0.6 is 15.9 Å². The number of hydrogen-bond acceptors (Lipinski definition) is 4. The van der Waals surface area contributed by atoms with Gasteiger partial charge in [0.1, 0.15) is 5.82 Å². The zero-order valence-corrected chi connectivity index (χ0v) is 12.7. The minimum atomic E-state index is -0.0304. The van der Waals surface area contributed by atoms with E-state index in [0.717, 1.165) is 29.1 Å². The Morgan fingerprint density at radius 3 is 3.11 bits per heavy atom. The van der Waals surface area contributed by atoms with Crippen LogP contribution in [0.1, 0.15) is 12.6 Å². The van der Waals surface area contributed by atoms with Crippen LogP contribution in [-0.4, -0.2) is 43.2 Å². The molecule has 0 radical (unpaired) electrons. The van der Waals surface area contributed by atoms with E-state index in [1.165, 1.54) is 6.92 Å². The van der Waals surface area contributed by atoms with Gasteiger partial charge in [-0.05, 0) is 19.1 Å². The van der Waals surface area contributed by atoms with Gasteiger partial charge in [0.2, 0.25) is 5.91 Å². The van der Waals surface area contributed by atoms with Gasteiger partial charge in [-0.25, -0.2) is 4.98 Å². The summed E-state index contributed by atoms with van der Waals surface area (Å²) in [5.74, 6) is 0.917. The van der Waals surface area contributed by atoms with Crippen LogP contribution in [0.4, 0.5) is 5.82 Å². The third-order valence-corrected chi connectivity index (χ3v) is 3.40. The number of hydrogen-bond donors (Lipinski definition) is 1. The lowest BCUT2D eigenvalue weighted by Crippen LogP contribution is -2.47. The number of nitrogens with one attached hydrogen (secondary N) is 1. The SMILES string of the molecule is CC(=O)NCC1CN(c2cc(Br)cc(C)n2)CCO1. The standard InChI is InChI=1S/C13H18BrN3O2/c1-9-5-11(14)6-13(16-9)17-3-4-19-12(8-17)7-15-10(2)18/h5-6,12H,3-4,7-8H2,1-2H3,(H,15,18). The number of rotatable bonds is 3. The number of carbonyl (C=O) groups is 1. The van der Waals surface area contributed by atoms with Gasteiger partial charge in [0.25, 0.3) is 0 Å². The molecule has 6 heteroatoms. The van der Waals surface area contributed by atoms with E-state index in [1.54, 1.807) is 0 Å². The molecule has 1 N–H and O–H groups in total. The molecule has 1 amide bonds. The first-order valence-electron chi connectivity index (χ1n) is 6.30. The molecule has 19 heavy (non-hydrogen) atoms. The zero-order chi connectivity index (χ0) is 13.8. The summed E-state index contributed by atoms with van der Waals surface area (Å²) in [4.78, 5) is 17.7. The number of halogens is 1. The van der Waals surface area contributed by atoms with Crippen molar-refractivity contribution in [3.05, 3.63) is 22.3 Å². The van der Waals surface area contributed by atoms with Crippen molar-refractivity contribution in [1.82, 2.24) is 10.3 Å². The van der Waals surface area contributed by atoms with Crippen LogP contribution in [0.15, 0.2) is 16.6 Å². The van der Waals surface area contributed by atoms with Crippen molar-refractivity contribution >= 4 is 27.7 Å². The van der Waals surface area contributed by atoms with Gasteiger partial charge in [0.15, 0.2) is 0 Å². The molecule has 2 heterocycles. The van der Waals surface area contributed by atoms with E-state index in [0.29, 0.717) is 13.2 Å². The third-order valence-electron chi connectivity index (χ3n) is 2.95. The van der Waals surface area contributed by atoms with Gasteiger partial charge in [-0.1, -0.05) is 15.9 Å². The van der Waals surface area contributed by atoms with Crippen molar-refractivity contribution in [2.45, 2.75) is 20.0 Å². The van der Waals surface area contributed by atoms with Gasteiger partial charge in [-0.15, -0.1) is 0 Å². The smallest absolute Gasteiger partial charge is 0.216 e. The summed E-state index contributed by atoms with van der Waals surface area (Å²) in [6.07, 6.45) is 0.0127. The van der Waals surface area contributed by atoms with Crippen molar-refractivity contribution < 1.29 is 9.53 Å². The Labute approximate surface area is 121 Å². The second kappa shape index (κ2) is 6.34. The molecule has 1 aromatic rings. The number of carbonyl (C=O) groups excluding carboxylic acids is 1. The van der Waals surface area contributed by atoms with Gasteiger partial charge in [-0.2, -0.15) is 0 Å². The first kappa shape index (κ1) is 14.3. The van der Waals surface area contributed by atoms with Gasteiger partial charge >= 0.3 is 0 Å². The highest BCUT2D eigenvalue weighted by atomic mass is 79.9. The number of anilines is 1. The van der Waals surface area contributed by atoms with Crippen LogP contribution in [0.3, 0.4) is 0 Å². The van der Waals surface area contributed by atoms with Crippen LogP contribution in [-0.2, 0) is 9.53 Å². The molecule has 5 nitrogen and oxygen atoms in total. The second-order valence-corrected chi connectivity index (χ2v) is 5.58. The zero-order valence-electron chi connectivity index (χ0n) is 11.1. The lowest BCUT2D eigenvalue weighted by atomic mass is 10.2. The number of nitrogens with zero attached hydrogens (tertiary/aromatic N) is 2. The molecule has 1 aliphatic heterocycles. The summed E-state index contributed by atoms with van der Waals surface area (Å²) in [5.41, 5.74) is 0.981. The number of aromatic nitrogens is 1. The van der Waals surface area contributed by atoms with Crippen LogP contribution in [0.25, 0.3) is 0 Å². The highest BCUT2D eigenvalue weighted by molar-refractivity contribution is 9.10. The molecule has 1 fully saturated rings. The van der Waals surface area contributed by atoms with Gasteiger partial charge in [0, 0.05) is 36.7 Å². The molecular weight excluding hydrogens is 310 g/mol. The average Bonchev–Trinajstić information content (AvgIpc) is 2.35. The molecule has 1 atom stereocenters. The predicted molar refractivity (Wildman–Crippen MR) is 77.3 cm³/mol. The molecular formula is C13H18BrN3O2. The molecule has 0 spiro atoms. The number of ether oxygens (including phenoxy) is 1. The van der Waals surface area contributed by atoms with E-state index < -0.39 is 0 Å². The van der Waals surface area contributed by atoms with E-state index in [-0.39, 0.29) is 12.0 Å². The number of morpholine rings is 1. The van der Waals surface area contributed by atoms with E-state index in [2.05, 4.69) is 31.1 Å². The Kier molecular flexibility index (Phi) is 4.76. The first-order chi connectivity index (χ1) is 9.04. The van der Waals surface area contributed by atoms with Crippen molar-refractivity contribution in [2.75, 3.05) is 31.1 Å². The molecule has 1 aromatic heterocycles. The van der Waals surface area contributed by atoms with Gasteiger partial charge in [-0.3, -0.25) is 4.79 Å². The summed E-state index contributed by atoms with van der Waals surface area (Å²) in [6.45, 7) is 6.24. The van der Waals surface area contributed by atoms with Crippen LogP contribution in [0, 0.1) is 6.92 Å². The average molecular weight is 328 g/mol. The molecule has 1 saturated heterocycles. The van der Waals surface area contributed by atoms with Crippen molar-refractivity contribution in [1.29, 1.82) is 0 Å².